The number of hydrogen-bond donors (Lipinski definition) is 2. The van der Waals surface area contributed by atoms with Crippen LogP contribution < -0.4 is 10.2 Å². The number of hydrogen-bond acceptors (Lipinski definition) is 3. The van der Waals surface area contributed by atoms with Gasteiger partial charge in [0.1, 0.15) is 6.04 Å². The first-order valence-electron chi connectivity index (χ1n) is 8.19. The predicted octanol–water partition coefficient (Wildman–Crippen LogP) is 1.83. The van der Waals surface area contributed by atoms with Crippen molar-refractivity contribution >= 4 is 23.5 Å². The molecule has 1 aromatic carbocycles. The van der Waals surface area contributed by atoms with Gasteiger partial charge in [0.15, 0.2) is 0 Å². The van der Waals surface area contributed by atoms with Crippen LogP contribution in [0.1, 0.15) is 32.8 Å². The molecule has 0 fully saturated rings. The Bertz CT molecular complexity index is 642. The van der Waals surface area contributed by atoms with Gasteiger partial charge < -0.3 is 10.4 Å². The summed E-state index contributed by atoms with van der Waals surface area (Å²) in [6.07, 6.45) is 0.945. The zero-order valence-corrected chi connectivity index (χ0v) is 14.3. The summed E-state index contributed by atoms with van der Waals surface area (Å²) in [5, 5.41) is 12.0. The number of benzene rings is 1. The lowest BCUT2D eigenvalue weighted by Gasteiger charge is -2.24. The Morgan fingerprint density at radius 1 is 1.29 bits per heavy atom. The molecule has 1 heterocycles. The molecule has 0 unspecified atom stereocenters. The van der Waals surface area contributed by atoms with Crippen molar-refractivity contribution in [2.75, 3.05) is 11.4 Å². The first kappa shape index (κ1) is 18.0. The minimum atomic E-state index is -0.915. The molecule has 130 valence electrons. The molecule has 2 atom stereocenters. The number of carbonyl (C=O) groups is 3. The highest BCUT2D eigenvalue weighted by Crippen LogP contribution is 2.32. The Labute approximate surface area is 141 Å². The number of carbonyl (C=O) groups excluding carboxylic acids is 2. The predicted molar refractivity (Wildman–Crippen MR) is 90.7 cm³/mol. The molecular formula is C18H24N2O4. The highest BCUT2D eigenvalue weighted by atomic mass is 16.4. The Kier molecular flexibility index (Phi) is 5.59. The second kappa shape index (κ2) is 7.47. The second-order valence-corrected chi connectivity index (χ2v) is 6.65. The summed E-state index contributed by atoms with van der Waals surface area (Å²) in [6.45, 7) is 5.40. The highest BCUT2D eigenvalue weighted by molar-refractivity contribution is 6.02. The number of carboxylic acid groups (broad SMARTS) is 1. The molecule has 6 nitrogen and oxygen atoms in total. The summed E-state index contributed by atoms with van der Waals surface area (Å²) >= 11 is 0. The van der Waals surface area contributed by atoms with E-state index in [0.717, 1.165) is 11.3 Å². The molecule has 0 saturated carbocycles. The molecule has 1 aliphatic rings. The van der Waals surface area contributed by atoms with Gasteiger partial charge in [-0.3, -0.25) is 19.3 Å². The van der Waals surface area contributed by atoms with Gasteiger partial charge in [0.2, 0.25) is 11.8 Å². The van der Waals surface area contributed by atoms with E-state index < -0.39 is 17.9 Å². The van der Waals surface area contributed by atoms with Crippen molar-refractivity contribution in [3.63, 3.8) is 0 Å². The van der Waals surface area contributed by atoms with Crippen molar-refractivity contribution in [3.8, 4) is 0 Å². The van der Waals surface area contributed by atoms with Gasteiger partial charge in [0.05, 0.1) is 5.92 Å². The van der Waals surface area contributed by atoms with Gasteiger partial charge >= 0.3 is 5.97 Å². The third kappa shape index (κ3) is 3.93. The lowest BCUT2D eigenvalue weighted by atomic mass is 9.97. The number of nitrogens with zero attached hydrogens (tertiary/aromatic N) is 1. The zero-order chi connectivity index (χ0) is 17.9. The molecule has 2 rings (SSSR count). The second-order valence-electron chi connectivity index (χ2n) is 6.65. The monoisotopic (exact) mass is 332 g/mol. The summed E-state index contributed by atoms with van der Waals surface area (Å²) in [5.74, 6) is -1.81. The quantitative estimate of drug-likeness (QED) is 0.832. The van der Waals surface area contributed by atoms with Gasteiger partial charge in [-0.15, -0.1) is 0 Å². The fourth-order valence-electron chi connectivity index (χ4n) is 3.17. The molecular weight excluding hydrogens is 308 g/mol. The van der Waals surface area contributed by atoms with Crippen molar-refractivity contribution in [1.82, 2.24) is 5.32 Å². The smallest absolute Gasteiger partial charge is 0.308 e. The summed E-state index contributed by atoms with van der Waals surface area (Å²) in [5.41, 5.74) is 1.70. The topological polar surface area (TPSA) is 86.7 Å². The zero-order valence-electron chi connectivity index (χ0n) is 14.3. The average Bonchev–Trinajstić information content (AvgIpc) is 2.90. The van der Waals surface area contributed by atoms with E-state index in [1.165, 1.54) is 11.8 Å². The van der Waals surface area contributed by atoms with Gasteiger partial charge in [0, 0.05) is 25.6 Å². The Morgan fingerprint density at radius 3 is 2.54 bits per heavy atom. The molecule has 6 heteroatoms. The lowest BCUT2D eigenvalue weighted by Crippen LogP contribution is -2.48. The van der Waals surface area contributed by atoms with Gasteiger partial charge in [-0.1, -0.05) is 32.0 Å². The third-order valence-corrected chi connectivity index (χ3v) is 4.25. The molecule has 0 spiro atoms. The minimum Gasteiger partial charge on any atom is -0.481 e. The number of anilines is 1. The molecule has 1 aromatic rings. The van der Waals surface area contributed by atoms with Gasteiger partial charge in [-0.2, -0.15) is 0 Å². The van der Waals surface area contributed by atoms with Crippen LogP contribution in [0.4, 0.5) is 5.69 Å². The summed E-state index contributed by atoms with van der Waals surface area (Å²) in [6, 6.07) is 6.81. The largest absolute Gasteiger partial charge is 0.481 e. The van der Waals surface area contributed by atoms with Crippen molar-refractivity contribution < 1.29 is 19.5 Å². The van der Waals surface area contributed by atoms with Crippen LogP contribution in [-0.2, 0) is 20.8 Å². The number of carboxylic acids is 1. The lowest BCUT2D eigenvalue weighted by molar-refractivity contribution is -0.142. The fourth-order valence-corrected chi connectivity index (χ4v) is 3.17. The van der Waals surface area contributed by atoms with E-state index in [4.69, 9.17) is 0 Å². The van der Waals surface area contributed by atoms with E-state index in [9.17, 15) is 19.5 Å². The Hall–Kier alpha value is -2.37. The highest BCUT2D eigenvalue weighted by Gasteiger charge is 2.36. The van der Waals surface area contributed by atoms with Crippen LogP contribution in [0, 0.1) is 11.8 Å². The number of amides is 2. The maximum absolute atomic E-state index is 12.5. The molecule has 24 heavy (non-hydrogen) atoms. The summed E-state index contributed by atoms with van der Waals surface area (Å²) in [4.78, 5) is 37.3. The van der Waals surface area contributed by atoms with Gasteiger partial charge in [0.25, 0.3) is 0 Å². The molecule has 0 aliphatic carbocycles. The van der Waals surface area contributed by atoms with Crippen LogP contribution >= 0.6 is 0 Å². The summed E-state index contributed by atoms with van der Waals surface area (Å²) in [7, 11) is 0. The average molecular weight is 332 g/mol. The van der Waals surface area contributed by atoms with E-state index in [2.05, 4.69) is 5.32 Å². The van der Waals surface area contributed by atoms with E-state index in [1.807, 2.05) is 38.1 Å². The van der Waals surface area contributed by atoms with Crippen LogP contribution in [0.15, 0.2) is 24.3 Å². The molecule has 0 radical (unpaired) electrons. The van der Waals surface area contributed by atoms with Gasteiger partial charge in [-0.25, -0.2) is 0 Å². The number of fused-ring (bicyclic) bond motifs is 1. The van der Waals surface area contributed by atoms with Crippen LogP contribution in [0.3, 0.4) is 0 Å². The summed E-state index contributed by atoms with van der Waals surface area (Å²) < 4.78 is 0. The van der Waals surface area contributed by atoms with E-state index in [1.54, 1.807) is 0 Å². The molecule has 1 aliphatic heterocycles. The normalized spacial score (nSPS) is 17.5. The number of para-hydroxylation sites is 1. The van der Waals surface area contributed by atoms with Crippen molar-refractivity contribution in [3.05, 3.63) is 29.8 Å². The Morgan fingerprint density at radius 2 is 1.96 bits per heavy atom. The van der Waals surface area contributed by atoms with Crippen molar-refractivity contribution in [1.29, 1.82) is 0 Å². The molecule has 2 amide bonds. The minimum absolute atomic E-state index is 0.0743. The van der Waals surface area contributed by atoms with Crippen molar-refractivity contribution in [2.45, 2.75) is 39.7 Å². The van der Waals surface area contributed by atoms with E-state index >= 15 is 0 Å². The van der Waals surface area contributed by atoms with Crippen LogP contribution in [0.2, 0.25) is 0 Å². The first-order valence-corrected chi connectivity index (χ1v) is 8.19. The van der Waals surface area contributed by atoms with Gasteiger partial charge in [-0.05, 0) is 24.0 Å². The number of rotatable bonds is 6. The third-order valence-electron chi connectivity index (χ3n) is 4.25. The maximum atomic E-state index is 12.5. The fraction of sp³-hybridized carbons (Fsp3) is 0.500. The van der Waals surface area contributed by atoms with E-state index in [-0.39, 0.29) is 24.3 Å². The number of nitrogens with one attached hydrogen (secondary N) is 1. The van der Waals surface area contributed by atoms with Crippen molar-refractivity contribution in [2.24, 2.45) is 11.8 Å². The van der Waals surface area contributed by atoms with Crippen LogP contribution in [0.25, 0.3) is 0 Å². The molecule has 2 N–H and O–H groups in total. The molecule has 0 bridgehead atoms. The SMILES string of the molecule is CC(=O)N1c2ccccc2C[C@H]1C(=O)NC[C@@H](CC(C)C)C(=O)O. The number of aliphatic carboxylic acids is 1. The molecule has 0 aromatic heterocycles. The standard InChI is InChI=1S/C18H24N2O4/c1-11(2)8-14(18(23)24)10-19-17(22)16-9-13-6-4-5-7-15(13)20(16)12(3)21/h4-7,11,14,16H,8-10H2,1-3H3,(H,19,22)(H,23,24)/t14-,16+/m1/s1. The first-order chi connectivity index (χ1) is 11.3. The van der Waals surface area contributed by atoms with Crippen LogP contribution in [0.5, 0.6) is 0 Å². The van der Waals surface area contributed by atoms with Crippen LogP contribution in [-0.4, -0.2) is 35.5 Å². The Balaban J connectivity index is 2.07. The maximum Gasteiger partial charge on any atom is 0.308 e. The van der Waals surface area contributed by atoms with E-state index in [0.29, 0.717) is 12.8 Å². The molecule has 0 saturated heterocycles.